The average Bonchev–Trinajstić information content (AvgIpc) is 3.58. The Morgan fingerprint density at radius 3 is 2.57 bits per heavy atom. The van der Waals surface area contributed by atoms with E-state index in [-0.39, 0.29) is 31.3 Å². The van der Waals surface area contributed by atoms with Crippen molar-refractivity contribution in [2.24, 2.45) is 0 Å². The highest BCUT2D eigenvalue weighted by Gasteiger charge is 2.40. The first-order chi connectivity index (χ1) is 16.8. The zero-order chi connectivity index (χ0) is 24.7. The van der Waals surface area contributed by atoms with Crippen LogP contribution in [0.5, 0.6) is 0 Å². The maximum absolute atomic E-state index is 13.2. The minimum atomic E-state index is -1.46. The van der Waals surface area contributed by atoms with Gasteiger partial charge in [-0.1, -0.05) is 12.1 Å². The van der Waals surface area contributed by atoms with Gasteiger partial charge in [0, 0.05) is 49.7 Å². The molecule has 3 heterocycles. The number of aliphatic hydroxyl groups is 1. The number of hydrogen-bond acceptors (Lipinski definition) is 5. The summed E-state index contributed by atoms with van der Waals surface area (Å²) in [5, 5.41) is 14.8. The van der Waals surface area contributed by atoms with Gasteiger partial charge in [-0.3, -0.25) is 14.3 Å². The molecule has 8 nitrogen and oxygen atoms in total. The van der Waals surface area contributed by atoms with E-state index in [2.05, 4.69) is 42.0 Å². The minimum absolute atomic E-state index is 0.00906. The Labute approximate surface area is 205 Å². The number of carbonyl (C=O) groups is 2. The quantitative estimate of drug-likeness (QED) is 0.703. The van der Waals surface area contributed by atoms with Crippen LogP contribution >= 0.6 is 0 Å². The first-order valence-corrected chi connectivity index (χ1v) is 12.5. The highest BCUT2D eigenvalue weighted by atomic mass is 19.1. The van der Waals surface area contributed by atoms with Crippen molar-refractivity contribution in [2.75, 3.05) is 50.8 Å². The molecule has 1 unspecified atom stereocenters. The van der Waals surface area contributed by atoms with Crippen molar-refractivity contribution in [3.8, 4) is 0 Å². The molecule has 0 saturated carbocycles. The second kappa shape index (κ2) is 9.26. The molecule has 2 saturated heterocycles. The van der Waals surface area contributed by atoms with E-state index < -0.39 is 12.3 Å². The van der Waals surface area contributed by atoms with Crippen LogP contribution in [0, 0.1) is 13.8 Å². The number of piperazine rings is 1. The Hall–Kier alpha value is -2.94. The summed E-state index contributed by atoms with van der Waals surface area (Å²) < 4.78 is 14.9. The summed E-state index contributed by atoms with van der Waals surface area (Å²) in [4.78, 5) is 32.0. The molecule has 2 amide bonds. The molecule has 2 aromatic rings. The molecule has 2 fully saturated rings. The standard InChI is InChI=1S/C26H34FN5O3/c1-18-5-3-7-21(19(18)2)29-11-13-30(14-12-29)23(33)15-32-22-8-4-6-20(22)24(28-32)25(34)31-10-9-26(35,16-27)17-31/h3,5,7,35H,4,6,8-17H2,1-2H3. The fraction of sp³-hybridized carbons (Fsp3) is 0.577. The van der Waals surface area contributed by atoms with E-state index in [1.54, 1.807) is 4.68 Å². The van der Waals surface area contributed by atoms with E-state index >= 15 is 0 Å². The van der Waals surface area contributed by atoms with Crippen molar-refractivity contribution in [1.82, 2.24) is 19.6 Å². The SMILES string of the molecule is Cc1cccc(N2CCN(C(=O)Cn3nc(C(=O)N4CCC(O)(CF)C4)c4c3CCC4)CC2)c1C. The van der Waals surface area contributed by atoms with E-state index in [0.717, 1.165) is 43.6 Å². The highest BCUT2D eigenvalue weighted by Crippen LogP contribution is 2.29. The van der Waals surface area contributed by atoms with Gasteiger partial charge in [0.15, 0.2) is 5.69 Å². The van der Waals surface area contributed by atoms with Crippen LogP contribution in [0.4, 0.5) is 10.1 Å². The lowest BCUT2D eigenvalue weighted by molar-refractivity contribution is -0.132. The smallest absolute Gasteiger partial charge is 0.274 e. The third-order valence-corrected chi connectivity index (χ3v) is 7.91. The van der Waals surface area contributed by atoms with Crippen LogP contribution in [-0.2, 0) is 24.2 Å². The number of fused-ring (bicyclic) bond motifs is 1. The second-order valence-corrected chi connectivity index (χ2v) is 10.2. The molecule has 0 radical (unpaired) electrons. The summed E-state index contributed by atoms with van der Waals surface area (Å²) in [5.41, 5.74) is 4.52. The van der Waals surface area contributed by atoms with Gasteiger partial charge >= 0.3 is 0 Å². The highest BCUT2D eigenvalue weighted by molar-refractivity contribution is 5.94. The number of halogens is 1. The Kier molecular flexibility index (Phi) is 6.29. The van der Waals surface area contributed by atoms with Crippen molar-refractivity contribution >= 4 is 17.5 Å². The van der Waals surface area contributed by atoms with Crippen LogP contribution in [0.15, 0.2) is 18.2 Å². The molecule has 2 aliphatic heterocycles. The number of rotatable bonds is 5. The summed E-state index contributed by atoms with van der Waals surface area (Å²) in [5.74, 6) is -0.268. The number of benzene rings is 1. The van der Waals surface area contributed by atoms with Gasteiger partial charge in [-0.15, -0.1) is 0 Å². The molecule has 1 aliphatic carbocycles. The molecule has 1 N–H and O–H groups in total. The minimum Gasteiger partial charge on any atom is -0.385 e. The summed E-state index contributed by atoms with van der Waals surface area (Å²) >= 11 is 0. The zero-order valence-electron chi connectivity index (χ0n) is 20.6. The topological polar surface area (TPSA) is 81.9 Å². The molecule has 0 spiro atoms. The first kappa shape index (κ1) is 23.8. The summed E-state index contributed by atoms with van der Waals surface area (Å²) in [6.07, 6.45) is 2.69. The Bertz CT molecular complexity index is 1140. The van der Waals surface area contributed by atoms with Gasteiger partial charge in [0.05, 0.1) is 6.54 Å². The third kappa shape index (κ3) is 4.42. The normalized spacial score (nSPS) is 22.1. The number of aromatic nitrogens is 2. The van der Waals surface area contributed by atoms with E-state index in [9.17, 15) is 19.1 Å². The predicted octanol–water partition coefficient (Wildman–Crippen LogP) is 1.88. The van der Waals surface area contributed by atoms with Crippen molar-refractivity contribution in [2.45, 2.75) is 51.7 Å². The predicted molar refractivity (Wildman–Crippen MR) is 130 cm³/mol. The maximum atomic E-state index is 13.2. The molecule has 3 aliphatic rings. The van der Waals surface area contributed by atoms with E-state index in [1.807, 2.05) is 4.90 Å². The molecule has 1 aromatic carbocycles. The lowest BCUT2D eigenvalue weighted by Crippen LogP contribution is -2.50. The Morgan fingerprint density at radius 2 is 1.86 bits per heavy atom. The summed E-state index contributed by atoms with van der Waals surface area (Å²) in [6, 6.07) is 6.33. The molecule has 188 valence electrons. The first-order valence-electron chi connectivity index (χ1n) is 12.5. The van der Waals surface area contributed by atoms with Crippen molar-refractivity contribution < 1.29 is 19.1 Å². The fourth-order valence-electron chi connectivity index (χ4n) is 5.60. The summed E-state index contributed by atoms with van der Waals surface area (Å²) in [7, 11) is 0. The lowest BCUT2D eigenvalue weighted by atomic mass is 10.1. The van der Waals surface area contributed by atoms with Crippen LogP contribution in [0.1, 0.15) is 45.7 Å². The van der Waals surface area contributed by atoms with E-state index in [1.165, 1.54) is 21.7 Å². The number of alkyl halides is 1. The third-order valence-electron chi connectivity index (χ3n) is 7.91. The van der Waals surface area contributed by atoms with Crippen LogP contribution in [0.3, 0.4) is 0 Å². The van der Waals surface area contributed by atoms with Gasteiger partial charge in [0.1, 0.15) is 18.8 Å². The van der Waals surface area contributed by atoms with Crippen molar-refractivity contribution in [3.63, 3.8) is 0 Å². The van der Waals surface area contributed by atoms with E-state index in [0.29, 0.717) is 25.3 Å². The second-order valence-electron chi connectivity index (χ2n) is 10.2. The molecule has 0 bridgehead atoms. The van der Waals surface area contributed by atoms with Crippen molar-refractivity contribution in [3.05, 3.63) is 46.3 Å². The van der Waals surface area contributed by atoms with Crippen LogP contribution in [0.25, 0.3) is 0 Å². The molecule has 1 aromatic heterocycles. The molecule has 35 heavy (non-hydrogen) atoms. The number of hydrogen-bond donors (Lipinski definition) is 1. The Morgan fingerprint density at radius 1 is 1.09 bits per heavy atom. The molecular weight excluding hydrogens is 449 g/mol. The van der Waals surface area contributed by atoms with E-state index in [4.69, 9.17) is 0 Å². The number of likely N-dealkylation sites (tertiary alicyclic amines) is 1. The van der Waals surface area contributed by atoms with Gasteiger partial charge in [0.2, 0.25) is 5.91 Å². The van der Waals surface area contributed by atoms with Crippen LogP contribution in [0.2, 0.25) is 0 Å². The Balaban J connectivity index is 1.25. The van der Waals surface area contributed by atoms with Gasteiger partial charge in [-0.25, -0.2) is 4.39 Å². The largest absolute Gasteiger partial charge is 0.385 e. The molecule has 9 heteroatoms. The van der Waals surface area contributed by atoms with Gasteiger partial charge in [-0.05, 0) is 56.7 Å². The summed E-state index contributed by atoms with van der Waals surface area (Å²) in [6.45, 7) is 6.66. The number of anilines is 1. The number of nitrogens with zero attached hydrogens (tertiary/aromatic N) is 5. The zero-order valence-corrected chi connectivity index (χ0v) is 20.6. The van der Waals surface area contributed by atoms with Crippen molar-refractivity contribution in [1.29, 1.82) is 0 Å². The molecule has 1 atom stereocenters. The molecule has 5 rings (SSSR count). The lowest BCUT2D eigenvalue weighted by Gasteiger charge is -2.37. The fourth-order valence-corrected chi connectivity index (χ4v) is 5.60. The van der Waals surface area contributed by atoms with Gasteiger partial charge in [0.25, 0.3) is 5.91 Å². The van der Waals surface area contributed by atoms with Crippen LogP contribution < -0.4 is 4.90 Å². The average molecular weight is 484 g/mol. The number of aryl methyl sites for hydroxylation is 1. The number of amides is 2. The number of carbonyl (C=O) groups excluding carboxylic acids is 2. The van der Waals surface area contributed by atoms with Gasteiger partial charge in [-0.2, -0.15) is 5.10 Å². The molecular formula is C26H34FN5O3. The number of β-amino-alcohol motifs (C(OH)–C–C–N with tert-alkyl or cyclic N) is 1. The maximum Gasteiger partial charge on any atom is 0.274 e. The van der Waals surface area contributed by atoms with Gasteiger partial charge < -0.3 is 19.8 Å². The monoisotopic (exact) mass is 483 g/mol. The van der Waals surface area contributed by atoms with Crippen LogP contribution in [-0.4, -0.2) is 88.0 Å².